The first kappa shape index (κ1) is 51.3. The van der Waals surface area contributed by atoms with E-state index in [4.69, 9.17) is 34.0 Å². The lowest BCUT2D eigenvalue weighted by atomic mass is 10.0. The van der Waals surface area contributed by atoms with Gasteiger partial charge in [0.25, 0.3) is 5.91 Å². The second-order valence-electron chi connectivity index (χ2n) is 15.2. The molecule has 0 saturated carbocycles. The van der Waals surface area contributed by atoms with Crippen LogP contribution in [-0.2, 0) is 34.8 Å². The predicted octanol–water partition coefficient (Wildman–Crippen LogP) is 10.8. The molecule has 0 aliphatic heterocycles. The smallest absolute Gasteiger partial charge is 0.335 e. The molecule has 59 heavy (non-hydrogen) atoms. The van der Waals surface area contributed by atoms with Crippen LogP contribution in [0.5, 0.6) is 0 Å². The number of benzene rings is 4. The molecule has 6 rings (SSSR count). The van der Waals surface area contributed by atoms with Crippen LogP contribution >= 0.6 is 23.2 Å². The number of rotatable bonds is 7. The Morgan fingerprint density at radius 3 is 1.49 bits per heavy atom. The van der Waals surface area contributed by atoms with E-state index in [-0.39, 0.29) is 30.5 Å². The fourth-order valence-electron chi connectivity index (χ4n) is 5.98. The quantitative estimate of drug-likeness (QED) is 0.0920. The van der Waals surface area contributed by atoms with Crippen molar-refractivity contribution >= 4 is 68.4 Å². The molecule has 6 N–H and O–H groups in total. The maximum atomic E-state index is 14.5. The number of carboxylic acid groups (broad SMARTS) is 1. The number of carboxylic acids is 1. The number of fused-ring (bicyclic) bond motifs is 2. The molecule has 0 unspecified atom stereocenters. The molecule has 0 radical (unpaired) electrons. The first-order chi connectivity index (χ1) is 26.5. The molecule has 4 atom stereocenters. The lowest BCUT2D eigenvalue weighted by molar-refractivity contribution is 0.0695. The molecule has 0 bridgehead atoms. The molecule has 0 heterocycles. The van der Waals surface area contributed by atoms with Crippen LogP contribution in [0.4, 0.5) is 28.9 Å². The molecule has 2 aliphatic carbocycles. The number of nitrogens with two attached hydrogens (primary N) is 1. The number of aromatic carboxylic acids is 1. The summed E-state index contributed by atoms with van der Waals surface area (Å²) in [6.07, 6.45) is 2.06. The number of carbonyl (C=O) groups excluding carboxylic acids is 1. The number of carbonyl (C=O) groups is 2. The third-order valence-corrected chi connectivity index (χ3v) is 12.7. The molecule has 4 aromatic carbocycles. The molecule has 0 spiro atoms. The minimum absolute atomic E-state index is 0. The van der Waals surface area contributed by atoms with E-state index in [2.05, 4.69) is 14.8 Å². The highest BCUT2D eigenvalue weighted by molar-refractivity contribution is 7.84. The van der Waals surface area contributed by atoms with Gasteiger partial charge >= 0.3 is 5.97 Å². The van der Waals surface area contributed by atoms with Crippen LogP contribution in [0.3, 0.4) is 0 Å². The number of hydrogen-bond donors (Lipinski definition) is 5. The average molecular weight is 904 g/mol. The van der Waals surface area contributed by atoms with Crippen molar-refractivity contribution in [3.8, 4) is 0 Å². The van der Waals surface area contributed by atoms with Gasteiger partial charge in [-0.15, -0.1) is 0 Å². The summed E-state index contributed by atoms with van der Waals surface area (Å²) in [4.78, 5) is 23.9. The lowest BCUT2D eigenvalue weighted by Gasteiger charge is -2.22. The van der Waals surface area contributed by atoms with Crippen molar-refractivity contribution in [1.82, 2.24) is 9.44 Å². The summed E-state index contributed by atoms with van der Waals surface area (Å²) >= 11 is 11.1. The number of anilines is 2. The zero-order valence-corrected chi connectivity index (χ0v) is 35.1. The summed E-state index contributed by atoms with van der Waals surface area (Å²) in [6, 6.07) is 12.2. The van der Waals surface area contributed by atoms with E-state index in [1.807, 2.05) is 41.5 Å². The van der Waals surface area contributed by atoms with Gasteiger partial charge in [0.2, 0.25) is 0 Å². The first-order valence-corrected chi connectivity index (χ1v) is 20.7. The topological polar surface area (TPSA) is 151 Å². The third kappa shape index (κ3) is 13.1. The number of nitrogens with one attached hydrogen (secondary N) is 3. The van der Waals surface area contributed by atoms with E-state index in [1.165, 1.54) is 54.6 Å². The first-order valence-electron chi connectivity index (χ1n) is 17.7. The lowest BCUT2D eigenvalue weighted by Crippen LogP contribution is -2.35. The predicted molar refractivity (Wildman–Crippen MR) is 233 cm³/mol. The second kappa shape index (κ2) is 21.1. The monoisotopic (exact) mass is 902 g/mol. The highest BCUT2D eigenvalue weighted by Crippen LogP contribution is 2.38. The Balaban J connectivity index is 0.000000337. The highest BCUT2D eigenvalue weighted by atomic mass is 35.5. The Bertz CT molecular complexity index is 2220. The summed E-state index contributed by atoms with van der Waals surface area (Å²) in [5.41, 5.74) is 8.39. The van der Waals surface area contributed by atoms with Gasteiger partial charge in [-0.05, 0) is 139 Å². The molecule has 2 aliphatic rings. The molecule has 4 aromatic rings. The molecule has 324 valence electrons. The Hall–Kier alpha value is -3.86. The second-order valence-corrected chi connectivity index (χ2v) is 20.0. The van der Waals surface area contributed by atoms with Gasteiger partial charge in [-0.25, -0.2) is 40.2 Å². The summed E-state index contributed by atoms with van der Waals surface area (Å²) in [6.45, 7) is 11.0. The van der Waals surface area contributed by atoms with E-state index < -0.39 is 78.7 Å². The van der Waals surface area contributed by atoms with Gasteiger partial charge in [0.1, 0.15) is 23.3 Å². The summed E-state index contributed by atoms with van der Waals surface area (Å²) in [5.74, 6) is -3.38. The van der Waals surface area contributed by atoms with Crippen LogP contribution < -0.4 is 20.5 Å². The molecule has 1 amide bonds. The van der Waals surface area contributed by atoms with E-state index in [0.29, 0.717) is 64.9 Å². The zero-order chi connectivity index (χ0) is 42.6. The minimum atomic E-state index is -1.36. The van der Waals surface area contributed by atoms with Crippen LogP contribution in [0.1, 0.15) is 124 Å². The van der Waals surface area contributed by atoms with Crippen molar-refractivity contribution in [2.45, 2.75) is 104 Å². The minimum Gasteiger partial charge on any atom is -0.478 e. The van der Waals surface area contributed by atoms with Gasteiger partial charge in [-0.1, -0.05) is 38.1 Å². The molecular formula is C42H52Cl2F4N4O5S2. The van der Waals surface area contributed by atoms with Crippen LogP contribution in [0.25, 0.3) is 0 Å². The fourth-order valence-corrected chi connectivity index (χ4v) is 8.04. The van der Waals surface area contributed by atoms with Crippen molar-refractivity contribution in [2.75, 3.05) is 11.1 Å². The average Bonchev–Trinajstić information content (AvgIpc) is 3.74. The van der Waals surface area contributed by atoms with E-state index >= 15 is 0 Å². The number of halogens is 6. The summed E-state index contributed by atoms with van der Waals surface area (Å²) in [5, 5.41) is 11.8. The Morgan fingerprint density at radius 1 is 0.678 bits per heavy atom. The molecule has 17 heteroatoms. The van der Waals surface area contributed by atoms with Crippen molar-refractivity contribution in [3.63, 3.8) is 0 Å². The van der Waals surface area contributed by atoms with Crippen molar-refractivity contribution in [2.24, 2.45) is 0 Å². The van der Waals surface area contributed by atoms with Gasteiger partial charge in [0.15, 0.2) is 0 Å². The standard InChI is InChI=1S/C20H21ClF2N2O2S.C14H18FNO3S.C6H5ClFN.2CH4/c1-20(2,3)28(27)25-17-9-6-12-13(5-8-16(23)18(12)17)19(26)24-11-4-7-15(22)14(21)10-11;1-14(2,3)20(19)16-11-7-5-8-9(13(17)18)4-6-10(15)12(8)11;7-5-3-4(9)1-2-6(5)8;;/h4-5,7-8,10,17,25H,6,9H2,1-3H3,(H,24,26);4,6,11,16H,5,7H2,1-3H3,(H,17,18);1-3H,9H2;2*1H4/t17-,28+;11-,20+;;;/m00.../s1. The molecule has 0 aromatic heterocycles. The normalized spacial score (nSPS) is 16.3. The van der Waals surface area contributed by atoms with Crippen molar-refractivity contribution in [3.05, 3.63) is 127 Å². The number of hydrogen-bond acceptors (Lipinski definition) is 5. The van der Waals surface area contributed by atoms with Crippen LogP contribution in [0.15, 0.2) is 60.7 Å². The van der Waals surface area contributed by atoms with Gasteiger partial charge in [-0.3, -0.25) is 4.79 Å². The zero-order valence-electron chi connectivity index (χ0n) is 32.0. The van der Waals surface area contributed by atoms with E-state index in [1.54, 1.807) is 0 Å². The van der Waals surface area contributed by atoms with Crippen LogP contribution in [-0.4, -0.2) is 34.9 Å². The number of nitrogen functional groups attached to an aromatic ring is 1. The van der Waals surface area contributed by atoms with E-state index in [9.17, 15) is 35.6 Å². The molecule has 9 nitrogen and oxygen atoms in total. The maximum Gasteiger partial charge on any atom is 0.335 e. The molecule has 0 fully saturated rings. The number of amides is 1. The maximum absolute atomic E-state index is 14.5. The van der Waals surface area contributed by atoms with Gasteiger partial charge in [-0.2, -0.15) is 0 Å². The molecule has 0 saturated heterocycles. The van der Waals surface area contributed by atoms with E-state index in [0.717, 1.165) is 6.07 Å². The van der Waals surface area contributed by atoms with Gasteiger partial charge in [0, 0.05) is 40.1 Å². The largest absolute Gasteiger partial charge is 0.478 e. The van der Waals surface area contributed by atoms with Crippen LogP contribution in [0.2, 0.25) is 10.0 Å². The van der Waals surface area contributed by atoms with Crippen molar-refractivity contribution < 1.29 is 40.7 Å². The Morgan fingerprint density at radius 2 is 1.08 bits per heavy atom. The summed E-state index contributed by atoms with van der Waals surface area (Å²) < 4.78 is 83.6. The fraction of sp³-hybridized carbons (Fsp3) is 0.381. The molecular weight excluding hydrogens is 852 g/mol. The third-order valence-electron chi connectivity index (χ3n) is 8.88. The Labute approximate surface area is 359 Å². The van der Waals surface area contributed by atoms with Gasteiger partial charge in [0.05, 0.1) is 47.1 Å². The van der Waals surface area contributed by atoms with Gasteiger partial charge < -0.3 is 16.2 Å². The van der Waals surface area contributed by atoms with Crippen LogP contribution in [0, 0.1) is 23.3 Å². The summed E-state index contributed by atoms with van der Waals surface area (Å²) in [7, 11) is -2.69. The highest BCUT2D eigenvalue weighted by Gasteiger charge is 2.34. The SMILES string of the molecule is C.C.CC(C)(C)[S@@](=O)N[C@H]1CCc2c(C(=O)Nc3ccc(F)c(Cl)c3)ccc(F)c21.CC(C)(C)[S@@](=O)N[C@H]1CCc2c(C(=O)O)ccc(F)c21.Nc1ccc(F)c(Cl)c1. The van der Waals surface area contributed by atoms with Crippen molar-refractivity contribution in [1.29, 1.82) is 0 Å². The Kier molecular flexibility index (Phi) is 18.3.